The zero-order valence-corrected chi connectivity index (χ0v) is 15.2. The minimum absolute atomic E-state index is 0.406. The van der Waals surface area contributed by atoms with Gasteiger partial charge in [-0.15, -0.1) is 0 Å². The number of nitrogens with one attached hydrogen (secondary N) is 2. The first-order valence-corrected chi connectivity index (χ1v) is 8.10. The molecule has 3 aromatic rings. The molecule has 0 spiro atoms. The van der Waals surface area contributed by atoms with Gasteiger partial charge in [0, 0.05) is 11.4 Å². The highest BCUT2D eigenvalue weighted by Crippen LogP contribution is 2.27. The van der Waals surface area contributed by atoms with Crippen LogP contribution in [0.2, 0.25) is 5.02 Å². The summed E-state index contributed by atoms with van der Waals surface area (Å²) in [5, 5.41) is 5.75. The minimum Gasteiger partial charge on any atom is -0.495 e. The van der Waals surface area contributed by atoms with E-state index in [2.05, 4.69) is 25.6 Å². The van der Waals surface area contributed by atoms with Crippen molar-refractivity contribution >= 4 is 29.0 Å². The van der Waals surface area contributed by atoms with Gasteiger partial charge in [0.25, 0.3) is 0 Å². The van der Waals surface area contributed by atoms with E-state index in [4.69, 9.17) is 16.3 Å². The van der Waals surface area contributed by atoms with Gasteiger partial charge < -0.3 is 15.4 Å². The second kappa shape index (κ2) is 7.40. The quantitative estimate of drug-likeness (QED) is 0.729. The summed E-state index contributed by atoms with van der Waals surface area (Å²) >= 11 is 6.04. The van der Waals surface area contributed by atoms with Gasteiger partial charge >= 0.3 is 6.03 Å². The average molecular weight is 373 g/mol. The molecule has 2 heterocycles. The second-order valence-electron chi connectivity index (χ2n) is 5.49. The van der Waals surface area contributed by atoms with Crippen LogP contribution in [0.1, 0.15) is 11.4 Å². The second-order valence-corrected chi connectivity index (χ2v) is 5.89. The van der Waals surface area contributed by atoms with E-state index in [0.29, 0.717) is 28.1 Å². The van der Waals surface area contributed by atoms with Crippen LogP contribution in [0, 0.1) is 13.8 Å². The lowest BCUT2D eigenvalue weighted by Crippen LogP contribution is -2.19. The van der Waals surface area contributed by atoms with Crippen LogP contribution in [0.5, 0.6) is 5.75 Å². The van der Waals surface area contributed by atoms with Crippen molar-refractivity contribution < 1.29 is 9.53 Å². The normalized spacial score (nSPS) is 10.5. The van der Waals surface area contributed by atoms with Crippen molar-refractivity contribution in [2.24, 2.45) is 0 Å². The molecule has 0 fully saturated rings. The molecule has 0 unspecified atom stereocenters. The number of aryl methyl sites for hydroxylation is 1. The Morgan fingerprint density at radius 3 is 2.38 bits per heavy atom. The van der Waals surface area contributed by atoms with Crippen LogP contribution in [-0.2, 0) is 0 Å². The molecular formula is C17H17ClN6O2. The van der Waals surface area contributed by atoms with Gasteiger partial charge in [-0.05, 0) is 32.0 Å². The number of halogens is 1. The number of rotatable bonds is 4. The molecule has 134 valence electrons. The Kier molecular flexibility index (Phi) is 5.04. The first-order chi connectivity index (χ1) is 12.5. The number of hydrogen-bond donors (Lipinski definition) is 2. The number of nitrogens with zero attached hydrogens (tertiary/aromatic N) is 4. The molecule has 0 bridgehead atoms. The summed E-state index contributed by atoms with van der Waals surface area (Å²) in [5.74, 6) is 1.02. The lowest BCUT2D eigenvalue weighted by molar-refractivity contribution is 0.262. The number of imidazole rings is 1. The topological polar surface area (TPSA) is 94.0 Å². The predicted octanol–water partition coefficient (Wildman–Crippen LogP) is 3.59. The molecule has 9 heteroatoms. The Bertz CT molecular complexity index is 939. The summed E-state index contributed by atoms with van der Waals surface area (Å²) in [6.07, 6.45) is 4.71. The highest BCUT2D eigenvalue weighted by Gasteiger charge is 2.09. The van der Waals surface area contributed by atoms with Crippen LogP contribution in [0.3, 0.4) is 0 Å². The van der Waals surface area contributed by atoms with Crippen molar-refractivity contribution in [2.45, 2.75) is 13.8 Å². The third-order valence-corrected chi connectivity index (χ3v) is 4.07. The molecule has 0 aliphatic carbocycles. The Morgan fingerprint density at radius 1 is 1.12 bits per heavy atom. The van der Waals surface area contributed by atoms with E-state index < -0.39 is 6.03 Å². The Hall–Kier alpha value is -3.13. The summed E-state index contributed by atoms with van der Waals surface area (Å²) in [7, 11) is 1.53. The molecule has 2 aromatic heterocycles. The van der Waals surface area contributed by atoms with E-state index in [1.807, 2.05) is 13.8 Å². The lowest BCUT2D eigenvalue weighted by Gasteiger charge is -2.09. The van der Waals surface area contributed by atoms with Gasteiger partial charge in [0.2, 0.25) is 5.95 Å². The summed E-state index contributed by atoms with van der Waals surface area (Å²) in [4.78, 5) is 24.8. The first-order valence-electron chi connectivity index (χ1n) is 7.72. The maximum Gasteiger partial charge on any atom is 0.323 e. The Balaban J connectivity index is 1.66. The first kappa shape index (κ1) is 17.7. The number of aromatic nitrogens is 4. The van der Waals surface area contributed by atoms with E-state index >= 15 is 0 Å². The standard InChI is InChI=1S/C17H17ClN6O2/c1-10-11(2)24(9-21-10)16-19-7-13(8-20-16)23-17(25)22-12-4-5-15(26-3)14(18)6-12/h4-9H,1-3H3,(H2,22,23,25). The molecule has 0 saturated heterocycles. The van der Waals surface area contributed by atoms with E-state index in [1.165, 1.54) is 19.5 Å². The average Bonchev–Trinajstić information content (AvgIpc) is 2.95. The number of urea groups is 1. The fourth-order valence-corrected chi connectivity index (χ4v) is 2.51. The van der Waals surface area contributed by atoms with Crippen molar-refractivity contribution in [1.29, 1.82) is 0 Å². The summed E-state index contributed by atoms with van der Waals surface area (Å²) in [5.41, 5.74) is 2.86. The van der Waals surface area contributed by atoms with Crippen LogP contribution >= 0.6 is 11.6 Å². The molecule has 0 radical (unpaired) electrons. The number of ether oxygens (including phenoxy) is 1. The number of carbonyl (C=O) groups is 1. The van der Waals surface area contributed by atoms with E-state index in [9.17, 15) is 4.79 Å². The van der Waals surface area contributed by atoms with Crippen molar-refractivity contribution in [3.63, 3.8) is 0 Å². The number of benzene rings is 1. The van der Waals surface area contributed by atoms with Crippen LogP contribution in [0.15, 0.2) is 36.9 Å². The summed E-state index contributed by atoms with van der Waals surface area (Å²) < 4.78 is 6.85. The Morgan fingerprint density at radius 2 is 1.81 bits per heavy atom. The molecule has 26 heavy (non-hydrogen) atoms. The van der Waals surface area contributed by atoms with E-state index in [-0.39, 0.29) is 0 Å². The molecule has 0 saturated carbocycles. The fourth-order valence-electron chi connectivity index (χ4n) is 2.25. The van der Waals surface area contributed by atoms with Crippen molar-refractivity contribution in [1.82, 2.24) is 19.5 Å². The number of hydrogen-bond acceptors (Lipinski definition) is 5. The van der Waals surface area contributed by atoms with Gasteiger partial charge in [0.15, 0.2) is 0 Å². The van der Waals surface area contributed by atoms with Crippen LogP contribution in [0.4, 0.5) is 16.2 Å². The maximum atomic E-state index is 12.1. The van der Waals surface area contributed by atoms with Gasteiger partial charge in [-0.1, -0.05) is 11.6 Å². The highest BCUT2D eigenvalue weighted by atomic mass is 35.5. The van der Waals surface area contributed by atoms with Crippen molar-refractivity contribution in [3.05, 3.63) is 53.3 Å². The number of carbonyl (C=O) groups excluding carboxylic acids is 1. The zero-order chi connectivity index (χ0) is 18.7. The highest BCUT2D eigenvalue weighted by molar-refractivity contribution is 6.32. The predicted molar refractivity (Wildman–Crippen MR) is 99.3 cm³/mol. The largest absolute Gasteiger partial charge is 0.495 e. The monoisotopic (exact) mass is 372 g/mol. The molecule has 1 aromatic carbocycles. The van der Waals surface area contributed by atoms with Gasteiger partial charge in [0.1, 0.15) is 12.1 Å². The third kappa shape index (κ3) is 3.75. The zero-order valence-electron chi connectivity index (χ0n) is 14.4. The van der Waals surface area contributed by atoms with Crippen molar-refractivity contribution in [2.75, 3.05) is 17.7 Å². The van der Waals surface area contributed by atoms with E-state index in [0.717, 1.165) is 11.4 Å². The lowest BCUT2D eigenvalue weighted by atomic mass is 10.3. The summed E-state index contributed by atoms with van der Waals surface area (Å²) in [6.45, 7) is 3.85. The smallest absolute Gasteiger partial charge is 0.323 e. The molecule has 0 aliphatic rings. The van der Waals surface area contributed by atoms with Gasteiger partial charge in [0.05, 0.1) is 35.9 Å². The minimum atomic E-state index is -0.433. The van der Waals surface area contributed by atoms with Gasteiger partial charge in [-0.3, -0.25) is 4.57 Å². The molecule has 2 amide bonds. The third-order valence-electron chi connectivity index (χ3n) is 3.77. The van der Waals surface area contributed by atoms with Crippen molar-refractivity contribution in [3.8, 4) is 11.7 Å². The molecule has 2 N–H and O–H groups in total. The molecule has 8 nitrogen and oxygen atoms in total. The Labute approximate surface area is 155 Å². The number of methoxy groups -OCH3 is 1. The van der Waals surface area contributed by atoms with Crippen LogP contribution in [-0.4, -0.2) is 32.7 Å². The SMILES string of the molecule is COc1ccc(NC(=O)Nc2cnc(-n3cnc(C)c3C)nc2)cc1Cl. The molecule has 0 atom stereocenters. The molecule has 0 aliphatic heterocycles. The maximum absolute atomic E-state index is 12.1. The number of amides is 2. The van der Waals surface area contributed by atoms with Gasteiger partial charge in [-0.2, -0.15) is 0 Å². The summed E-state index contributed by atoms with van der Waals surface area (Å²) in [6, 6.07) is 4.53. The number of anilines is 2. The van der Waals surface area contributed by atoms with Crippen LogP contribution in [0.25, 0.3) is 5.95 Å². The molecule has 3 rings (SSSR count). The fraction of sp³-hybridized carbons (Fsp3) is 0.176. The van der Waals surface area contributed by atoms with E-state index in [1.54, 1.807) is 29.1 Å². The van der Waals surface area contributed by atoms with Gasteiger partial charge in [-0.25, -0.2) is 19.7 Å². The van der Waals surface area contributed by atoms with Crippen LogP contribution < -0.4 is 15.4 Å². The molecular weight excluding hydrogens is 356 g/mol.